The number of rotatable bonds is 7. The summed E-state index contributed by atoms with van der Waals surface area (Å²) in [6, 6.07) is 17.5. The minimum Gasteiger partial charge on any atom is -0.340 e. The molecule has 0 aliphatic heterocycles. The summed E-state index contributed by atoms with van der Waals surface area (Å²) >= 11 is 0. The average molecular weight is 465 g/mol. The maximum Gasteiger partial charge on any atom is 0.262 e. The van der Waals surface area contributed by atoms with Gasteiger partial charge >= 0.3 is 0 Å². The number of benzene rings is 2. The molecule has 0 radical (unpaired) electrons. The summed E-state index contributed by atoms with van der Waals surface area (Å²) in [7, 11) is -3.85. The second-order valence-electron chi connectivity index (χ2n) is 7.24. The second kappa shape index (κ2) is 9.21. The Morgan fingerprint density at radius 2 is 1.48 bits per heavy atom. The van der Waals surface area contributed by atoms with Crippen molar-refractivity contribution in [3.8, 4) is 0 Å². The highest BCUT2D eigenvalue weighted by Gasteiger charge is 2.17. The predicted octanol–water partition coefficient (Wildman–Crippen LogP) is 4.92. The lowest BCUT2D eigenvalue weighted by Gasteiger charge is -2.12. The Bertz CT molecular complexity index is 1380. The largest absolute Gasteiger partial charge is 0.340 e. The van der Waals surface area contributed by atoms with Crippen LogP contribution in [0.2, 0.25) is 0 Å². The monoisotopic (exact) mass is 464 g/mol. The first-order valence-corrected chi connectivity index (χ1v) is 11.5. The van der Waals surface area contributed by atoms with Crippen LogP contribution < -0.4 is 15.4 Å². The number of pyridine rings is 1. The van der Waals surface area contributed by atoms with Gasteiger partial charge in [0.2, 0.25) is 0 Å². The predicted molar refractivity (Wildman–Crippen MR) is 126 cm³/mol. The van der Waals surface area contributed by atoms with Crippen molar-refractivity contribution >= 4 is 38.9 Å². The Morgan fingerprint density at radius 3 is 2.15 bits per heavy atom. The maximum atomic E-state index is 13.3. The van der Waals surface area contributed by atoms with Crippen molar-refractivity contribution in [2.75, 3.05) is 15.4 Å². The van der Waals surface area contributed by atoms with E-state index in [0.29, 0.717) is 40.2 Å². The molecular weight excluding hydrogens is 443 g/mol. The summed E-state index contributed by atoms with van der Waals surface area (Å²) in [6.07, 6.45) is 1.68. The molecule has 0 amide bonds. The van der Waals surface area contributed by atoms with Crippen molar-refractivity contribution in [2.24, 2.45) is 0 Å². The van der Waals surface area contributed by atoms with Crippen molar-refractivity contribution in [1.29, 1.82) is 0 Å². The van der Waals surface area contributed by atoms with Gasteiger partial charge < -0.3 is 10.6 Å². The molecule has 33 heavy (non-hydrogen) atoms. The Kier molecular flexibility index (Phi) is 6.18. The van der Waals surface area contributed by atoms with E-state index in [0.717, 1.165) is 6.07 Å². The quantitative estimate of drug-likeness (QED) is 0.356. The van der Waals surface area contributed by atoms with E-state index in [-0.39, 0.29) is 4.90 Å². The molecule has 4 rings (SSSR count). The third kappa shape index (κ3) is 5.60. The van der Waals surface area contributed by atoms with E-state index in [1.165, 1.54) is 12.1 Å². The SMILES string of the molecule is Cc1nc(Nc2ccc(NS(=O)(=O)c3ccc(F)cc3C)cc2)cc(Nc2ccccn2)n1. The van der Waals surface area contributed by atoms with Gasteiger partial charge in [0.05, 0.1) is 4.90 Å². The summed E-state index contributed by atoms with van der Waals surface area (Å²) in [5.74, 6) is 1.89. The number of aromatic nitrogens is 3. The molecule has 0 unspecified atom stereocenters. The second-order valence-corrected chi connectivity index (χ2v) is 8.89. The van der Waals surface area contributed by atoms with Gasteiger partial charge in [-0.2, -0.15) is 0 Å². The normalized spacial score (nSPS) is 11.1. The summed E-state index contributed by atoms with van der Waals surface area (Å²) in [5.41, 5.74) is 1.41. The van der Waals surface area contributed by atoms with E-state index >= 15 is 0 Å². The summed E-state index contributed by atoms with van der Waals surface area (Å²) in [4.78, 5) is 13.0. The number of aryl methyl sites for hydroxylation is 2. The van der Waals surface area contributed by atoms with Crippen molar-refractivity contribution in [2.45, 2.75) is 18.7 Å². The van der Waals surface area contributed by atoms with Crippen LogP contribution in [0.5, 0.6) is 0 Å². The summed E-state index contributed by atoms with van der Waals surface area (Å²) < 4.78 is 41.1. The molecule has 0 bridgehead atoms. The Labute approximate surface area is 191 Å². The van der Waals surface area contributed by atoms with Crippen LogP contribution in [0.3, 0.4) is 0 Å². The first kappa shape index (κ1) is 22.2. The van der Waals surface area contributed by atoms with Gasteiger partial charge in [-0.1, -0.05) is 6.07 Å². The van der Waals surface area contributed by atoms with E-state index in [1.807, 2.05) is 18.2 Å². The molecule has 0 saturated carbocycles. The molecule has 8 nitrogen and oxygen atoms in total. The third-order valence-electron chi connectivity index (χ3n) is 4.59. The van der Waals surface area contributed by atoms with Gasteiger partial charge in [0.1, 0.15) is 29.1 Å². The minimum absolute atomic E-state index is 0.0236. The van der Waals surface area contributed by atoms with Crippen molar-refractivity contribution in [3.05, 3.63) is 90.1 Å². The number of halogens is 1. The highest BCUT2D eigenvalue weighted by Crippen LogP contribution is 2.23. The van der Waals surface area contributed by atoms with Gasteiger partial charge in [0, 0.05) is 23.6 Å². The summed E-state index contributed by atoms with van der Waals surface area (Å²) in [6.45, 7) is 3.33. The van der Waals surface area contributed by atoms with Crippen LogP contribution in [0.25, 0.3) is 0 Å². The molecule has 2 aromatic carbocycles. The van der Waals surface area contributed by atoms with Crippen LogP contribution in [0, 0.1) is 19.7 Å². The first-order chi connectivity index (χ1) is 15.8. The molecule has 0 aliphatic rings. The molecule has 0 aliphatic carbocycles. The number of hydrogen-bond donors (Lipinski definition) is 3. The van der Waals surface area contributed by atoms with Crippen LogP contribution >= 0.6 is 0 Å². The number of sulfonamides is 1. The minimum atomic E-state index is -3.85. The molecule has 0 spiro atoms. The molecule has 2 heterocycles. The molecule has 0 saturated heterocycles. The van der Waals surface area contributed by atoms with Crippen LogP contribution in [0.4, 0.5) is 33.2 Å². The zero-order valence-electron chi connectivity index (χ0n) is 17.9. The van der Waals surface area contributed by atoms with E-state index in [4.69, 9.17) is 0 Å². The molecule has 3 N–H and O–H groups in total. The molecule has 0 fully saturated rings. The fourth-order valence-electron chi connectivity index (χ4n) is 3.16. The fraction of sp³-hybridized carbons (Fsp3) is 0.0870. The van der Waals surface area contributed by atoms with Gasteiger partial charge in [-0.3, -0.25) is 4.72 Å². The van der Waals surface area contributed by atoms with Crippen LogP contribution in [-0.4, -0.2) is 23.4 Å². The average Bonchev–Trinajstić information content (AvgIpc) is 2.75. The molecule has 168 valence electrons. The number of hydrogen-bond acceptors (Lipinski definition) is 7. The highest BCUT2D eigenvalue weighted by molar-refractivity contribution is 7.92. The molecule has 2 aromatic heterocycles. The lowest BCUT2D eigenvalue weighted by atomic mass is 10.2. The van der Waals surface area contributed by atoms with Crippen molar-refractivity contribution in [3.63, 3.8) is 0 Å². The topological polar surface area (TPSA) is 109 Å². The Hall–Kier alpha value is -4.05. The van der Waals surface area contributed by atoms with Crippen LogP contribution in [0.15, 0.2) is 77.8 Å². The van der Waals surface area contributed by atoms with Crippen molar-refractivity contribution in [1.82, 2.24) is 15.0 Å². The van der Waals surface area contributed by atoms with Gasteiger partial charge in [-0.15, -0.1) is 0 Å². The zero-order valence-corrected chi connectivity index (χ0v) is 18.7. The fourth-order valence-corrected chi connectivity index (χ4v) is 4.44. The zero-order chi connectivity index (χ0) is 23.4. The maximum absolute atomic E-state index is 13.3. The highest BCUT2D eigenvalue weighted by atomic mass is 32.2. The standard InChI is InChI=1S/C23H21FN6O2S/c1-15-13-17(24)6-11-20(15)33(31,32)30-19-9-7-18(8-10-19)28-22-14-23(27-16(2)26-22)29-21-5-3-4-12-25-21/h3-14,30H,1-2H3,(H2,25,26,27,28,29). The molecule has 0 atom stereocenters. The Balaban J connectivity index is 1.48. The van der Waals surface area contributed by atoms with Crippen LogP contribution in [0.1, 0.15) is 11.4 Å². The Morgan fingerprint density at radius 1 is 0.788 bits per heavy atom. The third-order valence-corrected chi connectivity index (χ3v) is 6.14. The molecular formula is C23H21FN6O2S. The first-order valence-electron chi connectivity index (χ1n) is 9.98. The number of nitrogens with one attached hydrogen (secondary N) is 3. The smallest absolute Gasteiger partial charge is 0.262 e. The molecule has 4 aromatic rings. The van der Waals surface area contributed by atoms with Gasteiger partial charge in [0.25, 0.3) is 10.0 Å². The lowest BCUT2D eigenvalue weighted by molar-refractivity contribution is 0.598. The lowest BCUT2D eigenvalue weighted by Crippen LogP contribution is -2.14. The number of anilines is 5. The van der Waals surface area contributed by atoms with Gasteiger partial charge in [0.15, 0.2) is 0 Å². The molecule has 10 heteroatoms. The van der Waals surface area contributed by atoms with E-state index in [1.54, 1.807) is 50.4 Å². The van der Waals surface area contributed by atoms with E-state index < -0.39 is 15.8 Å². The summed E-state index contributed by atoms with van der Waals surface area (Å²) in [5, 5.41) is 6.30. The van der Waals surface area contributed by atoms with Gasteiger partial charge in [-0.25, -0.2) is 27.8 Å². The van der Waals surface area contributed by atoms with E-state index in [9.17, 15) is 12.8 Å². The van der Waals surface area contributed by atoms with Crippen molar-refractivity contribution < 1.29 is 12.8 Å². The van der Waals surface area contributed by atoms with Gasteiger partial charge in [-0.05, 0) is 74.0 Å². The van der Waals surface area contributed by atoms with E-state index in [2.05, 4.69) is 30.3 Å². The van der Waals surface area contributed by atoms with Crippen LogP contribution in [-0.2, 0) is 10.0 Å². The number of nitrogens with zero attached hydrogens (tertiary/aromatic N) is 3.